The number of nitrogens with zero attached hydrogens (tertiary/aromatic N) is 3. The number of carboxylic acid groups (broad SMARTS) is 1. The van der Waals surface area contributed by atoms with Crippen LogP contribution in [-0.2, 0) is 9.59 Å². The third kappa shape index (κ3) is 2.12. The molecule has 0 saturated carbocycles. The lowest BCUT2D eigenvalue weighted by atomic mass is 10.1. The molecule has 0 bridgehead atoms. The summed E-state index contributed by atoms with van der Waals surface area (Å²) in [6.45, 7) is 0.0407. The first-order valence-corrected chi connectivity index (χ1v) is 5.12. The molecule has 2 heterocycles. The van der Waals surface area contributed by atoms with E-state index in [-0.39, 0.29) is 30.4 Å². The summed E-state index contributed by atoms with van der Waals surface area (Å²) in [7, 11) is 0. The molecule has 18 heavy (non-hydrogen) atoms. The van der Waals surface area contributed by atoms with Crippen LogP contribution in [-0.4, -0.2) is 33.4 Å². The van der Waals surface area contributed by atoms with Gasteiger partial charge in [-0.25, -0.2) is 4.98 Å². The molecule has 1 amide bonds. The number of hydrogen-bond acceptors (Lipinski definition) is 5. The molecule has 0 radical (unpaired) electrons. The highest BCUT2D eigenvalue weighted by Crippen LogP contribution is 2.24. The second-order valence-electron chi connectivity index (χ2n) is 3.88. The second kappa shape index (κ2) is 4.40. The third-order valence-corrected chi connectivity index (χ3v) is 2.69. The molecule has 94 valence electrons. The fourth-order valence-electron chi connectivity index (χ4n) is 1.74. The van der Waals surface area contributed by atoms with E-state index in [4.69, 9.17) is 5.11 Å². The molecule has 1 aliphatic rings. The Kier molecular flexibility index (Phi) is 2.92. The Hall–Kier alpha value is -2.51. The average molecular weight is 251 g/mol. The smallest absolute Gasteiger partial charge is 0.308 e. The van der Waals surface area contributed by atoms with Gasteiger partial charge in [0.1, 0.15) is 12.0 Å². The van der Waals surface area contributed by atoms with Crippen molar-refractivity contribution in [3.8, 4) is 0 Å². The molecular formula is C10H9N3O5. The summed E-state index contributed by atoms with van der Waals surface area (Å²) >= 11 is 0. The minimum absolute atomic E-state index is 0.0407. The van der Waals surface area contributed by atoms with Gasteiger partial charge in [-0.05, 0) is 6.07 Å². The molecule has 0 aliphatic carbocycles. The Labute approximate surface area is 101 Å². The number of carbonyl (C=O) groups is 2. The van der Waals surface area contributed by atoms with Crippen molar-refractivity contribution in [3.05, 3.63) is 28.4 Å². The van der Waals surface area contributed by atoms with Gasteiger partial charge >= 0.3 is 5.97 Å². The van der Waals surface area contributed by atoms with Crippen LogP contribution in [0.2, 0.25) is 0 Å². The fraction of sp³-hybridized carbons (Fsp3) is 0.300. The van der Waals surface area contributed by atoms with Crippen molar-refractivity contribution in [1.29, 1.82) is 0 Å². The lowest BCUT2D eigenvalue weighted by Crippen LogP contribution is -2.26. The van der Waals surface area contributed by atoms with Gasteiger partial charge in [0.25, 0.3) is 5.69 Å². The second-order valence-corrected chi connectivity index (χ2v) is 3.88. The average Bonchev–Trinajstić information content (AvgIpc) is 2.71. The zero-order chi connectivity index (χ0) is 13.3. The van der Waals surface area contributed by atoms with Crippen molar-refractivity contribution in [2.45, 2.75) is 6.42 Å². The number of carboxylic acids is 1. The van der Waals surface area contributed by atoms with E-state index in [0.717, 1.165) is 6.20 Å². The zero-order valence-electron chi connectivity index (χ0n) is 9.15. The number of amides is 1. The van der Waals surface area contributed by atoms with Crippen LogP contribution in [0, 0.1) is 16.0 Å². The number of nitro groups is 1. The summed E-state index contributed by atoms with van der Waals surface area (Å²) in [5.41, 5.74) is -0.180. The highest BCUT2D eigenvalue weighted by molar-refractivity contribution is 5.98. The quantitative estimate of drug-likeness (QED) is 0.615. The number of aliphatic carboxylic acids is 1. The van der Waals surface area contributed by atoms with Crippen molar-refractivity contribution < 1.29 is 19.6 Å². The maximum atomic E-state index is 11.6. The van der Waals surface area contributed by atoms with Gasteiger partial charge in [0, 0.05) is 19.0 Å². The molecule has 2 rings (SSSR count). The molecule has 1 aromatic rings. The van der Waals surface area contributed by atoms with Crippen LogP contribution in [0.1, 0.15) is 6.42 Å². The van der Waals surface area contributed by atoms with Gasteiger partial charge in [-0.3, -0.25) is 24.6 Å². The molecule has 1 saturated heterocycles. The van der Waals surface area contributed by atoms with Crippen molar-refractivity contribution in [2.75, 3.05) is 11.4 Å². The van der Waals surface area contributed by atoms with Crippen molar-refractivity contribution in [3.63, 3.8) is 0 Å². The topological polar surface area (TPSA) is 114 Å². The molecular weight excluding hydrogens is 242 g/mol. The Balaban J connectivity index is 2.19. The van der Waals surface area contributed by atoms with Crippen molar-refractivity contribution in [2.24, 2.45) is 5.92 Å². The molecule has 1 unspecified atom stereocenters. The lowest BCUT2D eigenvalue weighted by molar-refractivity contribution is -0.385. The van der Waals surface area contributed by atoms with Crippen LogP contribution < -0.4 is 4.90 Å². The van der Waals surface area contributed by atoms with E-state index >= 15 is 0 Å². The van der Waals surface area contributed by atoms with Crippen LogP contribution >= 0.6 is 0 Å². The molecule has 0 aromatic carbocycles. The highest BCUT2D eigenvalue weighted by atomic mass is 16.6. The van der Waals surface area contributed by atoms with E-state index in [0.29, 0.717) is 0 Å². The first-order chi connectivity index (χ1) is 8.49. The van der Waals surface area contributed by atoms with Crippen molar-refractivity contribution in [1.82, 2.24) is 4.98 Å². The molecule has 8 heteroatoms. The van der Waals surface area contributed by atoms with E-state index in [1.165, 1.54) is 17.0 Å². The lowest BCUT2D eigenvalue weighted by Gasteiger charge is -2.14. The summed E-state index contributed by atoms with van der Waals surface area (Å²) < 4.78 is 0. The van der Waals surface area contributed by atoms with Gasteiger partial charge in [0.2, 0.25) is 5.91 Å². The van der Waals surface area contributed by atoms with E-state index in [1.807, 2.05) is 0 Å². The SMILES string of the molecule is O=C(O)C1CC(=O)N(c2ccc([N+](=O)[O-])cn2)C1. The molecule has 1 aromatic heterocycles. The minimum Gasteiger partial charge on any atom is -0.481 e. The number of hydrogen-bond donors (Lipinski definition) is 1. The molecule has 0 spiro atoms. The van der Waals surface area contributed by atoms with Gasteiger partial charge in [0.05, 0.1) is 10.8 Å². The minimum atomic E-state index is -1.03. The molecule has 1 fully saturated rings. The highest BCUT2D eigenvalue weighted by Gasteiger charge is 2.35. The third-order valence-electron chi connectivity index (χ3n) is 2.69. The predicted molar refractivity (Wildman–Crippen MR) is 59.0 cm³/mol. The summed E-state index contributed by atoms with van der Waals surface area (Å²) in [4.78, 5) is 37.2. The van der Waals surface area contributed by atoms with Crippen LogP contribution in [0.25, 0.3) is 0 Å². The summed E-state index contributed by atoms with van der Waals surface area (Å²) in [6, 6.07) is 2.56. The maximum Gasteiger partial charge on any atom is 0.308 e. The van der Waals surface area contributed by atoms with Crippen LogP contribution in [0.3, 0.4) is 0 Å². The number of aromatic nitrogens is 1. The van der Waals surface area contributed by atoms with Gasteiger partial charge in [-0.15, -0.1) is 0 Å². The standard InChI is InChI=1S/C10H9N3O5/c14-9-3-6(10(15)16)5-12(9)8-2-1-7(4-11-8)13(17)18/h1-2,4,6H,3,5H2,(H,15,16). The van der Waals surface area contributed by atoms with Crippen LogP contribution in [0.5, 0.6) is 0 Å². The summed E-state index contributed by atoms with van der Waals surface area (Å²) in [5.74, 6) is -1.90. The molecule has 1 N–H and O–H groups in total. The summed E-state index contributed by atoms with van der Waals surface area (Å²) in [6.07, 6.45) is 0.963. The van der Waals surface area contributed by atoms with E-state index in [2.05, 4.69) is 4.98 Å². The van der Waals surface area contributed by atoms with Gasteiger partial charge < -0.3 is 5.11 Å². The Morgan fingerprint density at radius 1 is 1.56 bits per heavy atom. The fourth-order valence-corrected chi connectivity index (χ4v) is 1.74. The largest absolute Gasteiger partial charge is 0.481 e. The summed E-state index contributed by atoms with van der Waals surface area (Å²) in [5, 5.41) is 19.3. The number of anilines is 1. The van der Waals surface area contributed by atoms with Crippen molar-refractivity contribution >= 4 is 23.4 Å². The van der Waals surface area contributed by atoms with E-state index < -0.39 is 16.8 Å². The number of rotatable bonds is 3. The van der Waals surface area contributed by atoms with Gasteiger partial charge in [0.15, 0.2) is 0 Å². The normalized spacial score (nSPS) is 19.0. The monoisotopic (exact) mass is 251 g/mol. The number of pyridine rings is 1. The van der Waals surface area contributed by atoms with Gasteiger partial charge in [-0.2, -0.15) is 0 Å². The number of carbonyl (C=O) groups excluding carboxylic acids is 1. The molecule has 1 aliphatic heterocycles. The Bertz CT molecular complexity index is 513. The van der Waals surface area contributed by atoms with Crippen LogP contribution in [0.4, 0.5) is 11.5 Å². The van der Waals surface area contributed by atoms with E-state index in [9.17, 15) is 19.7 Å². The Morgan fingerprint density at radius 3 is 2.72 bits per heavy atom. The van der Waals surface area contributed by atoms with Gasteiger partial charge in [-0.1, -0.05) is 0 Å². The first kappa shape index (κ1) is 12.0. The predicted octanol–water partition coefficient (Wildman–Crippen LogP) is 0.427. The molecule has 1 atom stereocenters. The molecule has 8 nitrogen and oxygen atoms in total. The first-order valence-electron chi connectivity index (χ1n) is 5.12. The maximum absolute atomic E-state index is 11.6. The zero-order valence-corrected chi connectivity index (χ0v) is 9.15. The van der Waals surface area contributed by atoms with Crippen LogP contribution in [0.15, 0.2) is 18.3 Å². The van der Waals surface area contributed by atoms with E-state index in [1.54, 1.807) is 0 Å². The Morgan fingerprint density at radius 2 is 2.28 bits per heavy atom.